The van der Waals surface area contributed by atoms with E-state index in [2.05, 4.69) is 15.1 Å². The number of hydrogen-bond acceptors (Lipinski definition) is 8. The number of hydrogen-bond donors (Lipinski definition) is 0. The van der Waals surface area contributed by atoms with Crippen LogP contribution < -0.4 is 9.47 Å². The Morgan fingerprint density at radius 3 is 2.60 bits per heavy atom. The maximum Gasteiger partial charge on any atom is 0.262 e. The summed E-state index contributed by atoms with van der Waals surface area (Å²) >= 11 is 0. The van der Waals surface area contributed by atoms with Gasteiger partial charge >= 0.3 is 0 Å². The number of methoxy groups -OCH3 is 2. The summed E-state index contributed by atoms with van der Waals surface area (Å²) in [6.45, 7) is 1.31. The Morgan fingerprint density at radius 1 is 1.10 bits per heavy atom. The molecule has 0 bridgehead atoms. The minimum atomic E-state index is -3.57. The van der Waals surface area contributed by atoms with Gasteiger partial charge in [0, 0.05) is 24.8 Å². The van der Waals surface area contributed by atoms with Crippen LogP contribution in [0.15, 0.2) is 40.3 Å². The summed E-state index contributed by atoms with van der Waals surface area (Å²) in [7, 11) is -0.460. The van der Waals surface area contributed by atoms with E-state index in [-0.39, 0.29) is 11.6 Å². The molecule has 1 aliphatic heterocycles. The smallest absolute Gasteiger partial charge is 0.262 e. The molecule has 2 aromatic heterocycles. The lowest BCUT2D eigenvalue weighted by molar-refractivity contribution is 0.345. The number of benzene rings is 1. The van der Waals surface area contributed by atoms with Crippen LogP contribution in [0.2, 0.25) is 0 Å². The summed E-state index contributed by atoms with van der Waals surface area (Å²) in [5.74, 6) is 1.88. The maximum absolute atomic E-state index is 12.7. The zero-order valence-corrected chi connectivity index (χ0v) is 17.6. The van der Waals surface area contributed by atoms with Gasteiger partial charge in [-0.25, -0.2) is 13.4 Å². The Kier molecular flexibility index (Phi) is 5.73. The molecular formula is C19H23N5O5S. The van der Waals surface area contributed by atoms with Crippen LogP contribution in [0.25, 0.3) is 11.5 Å². The van der Waals surface area contributed by atoms with Crippen LogP contribution in [-0.4, -0.2) is 59.7 Å². The van der Waals surface area contributed by atoms with Crippen molar-refractivity contribution in [1.29, 1.82) is 0 Å². The van der Waals surface area contributed by atoms with Crippen molar-refractivity contribution < 1.29 is 22.4 Å². The molecule has 30 heavy (non-hydrogen) atoms. The van der Waals surface area contributed by atoms with Crippen molar-refractivity contribution >= 4 is 10.0 Å². The van der Waals surface area contributed by atoms with Crippen LogP contribution in [0.5, 0.6) is 11.5 Å². The molecule has 1 saturated heterocycles. The van der Waals surface area contributed by atoms with Gasteiger partial charge in [0.15, 0.2) is 22.3 Å². The minimum absolute atomic E-state index is 0.0352. The fraction of sp³-hybridized carbons (Fsp3) is 0.421. The lowest BCUT2D eigenvalue weighted by Gasteiger charge is -2.24. The van der Waals surface area contributed by atoms with E-state index in [1.165, 1.54) is 16.8 Å². The first-order chi connectivity index (χ1) is 14.5. The molecule has 0 amide bonds. The molecule has 0 unspecified atom stereocenters. The molecule has 0 N–H and O–H groups in total. The molecule has 1 aromatic carbocycles. The van der Waals surface area contributed by atoms with Crippen LogP contribution in [0, 0.1) is 0 Å². The Bertz CT molecular complexity index is 1120. The SMILES string of the molecule is COc1ccc(-c2nc(Cn3cnc(S(=O)(=O)N4CCCCC4)c3)no2)cc1OC. The third-order valence-corrected chi connectivity index (χ3v) is 6.74. The molecular weight excluding hydrogens is 410 g/mol. The quantitative estimate of drug-likeness (QED) is 0.557. The zero-order valence-electron chi connectivity index (χ0n) is 16.8. The summed E-state index contributed by atoms with van der Waals surface area (Å²) in [6, 6.07) is 5.29. The van der Waals surface area contributed by atoms with E-state index in [9.17, 15) is 8.42 Å². The highest BCUT2D eigenvalue weighted by atomic mass is 32.2. The number of ether oxygens (including phenoxy) is 2. The first kappa shape index (κ1) is 20.4. The molecule has 1 aliphatic rings. The second-order valence-electron chi connectivity index (χ2n) is 6.93. The van der Waals surface area contributed by atoms with Gasteiger partial charge in [0.05, 0.1) is 27.1 Å². The van der Waals surface area contributed by atoms with E-state index in [4.69, 9.17) is 14.0 Å². The number of piperidine rings is 1. The second-order valence-corrected chi connectivity index (χ2v) is 8.82. The van der Waals surface area contributed by atoms with Crippen molar-refractivity contribution in [3.8, 4) is 23.0 Å². The highest BCUT2D eigenvalue weighted by Crippen LogP contribution is 2.31. The van der Waals surface area contributed by atoms with E-state index in [0.717, 1.165) is 19.3 Å². The normalized spacial score (nSPS) is 15.3. The van der Waals surface area contributed by atoms with Gasteiger partial charge in [-0.3, -0.25) is 0 Å². The van der Waals surface area contributed by atoms with E-state index in [0.29, 0.717) is 41.9 Å². The monoisotopic (exact) mass is 433 g/mol. The number of imidazole rings is 1. The van der Waals surface area contributed by atoms with Gasteiger partial charge < -0.3 is 18.6 Å². The Morgan fingerprint density at radius 2 is 1.87 bits per heavy atom. The third-order valence-electron chi connectivity index (χ3n) is 4.95. The van der Waals surface area contributed by atoms with Gasteiger partial charge in [0.2, 0.25) is 0 Å². The van der Waals surface area contributed by atoms with E-state index >= 15 is 0 Å². The Hall–Kier alpha value is -2.92. The molecule has 3 aromatic rings. The standard InChI is InChI=1S/C19H23N5O5S/c1-27-15-7-6-14(10-16(15)28-2)19-21-17(22-29-19)11-23-12-18(20-13-23)30(25,26)24-8-4-3-5-9-24/h6-7,10,12-13H,3-5,8-9,11H2,1-2H3. The van der Waals surface area contributed by atoms with Gasteiger partial charge in [-0.2, -0.15) is 9.29 Å². The second kappa shape index (κ2) is 8.44. The van der Waals surface area contributed by atoms with Crippen LogP contribution in [0.1, 0.15) is 25.1 Å². The van der Waals surface area contributed by atoms with E-state index in [1.807, 2.05) is 0 Å². The predicted octanol–water partition coefficient (Wildman–Crippen LogP) is 2.17. The molecule has 0 saturated carbocycles. The minimum Gasteiger partial charge on any atom is -0.493 e. The fourth-order valence-electron chi connectivity index (χ4n) is 3.36. The van der Waals surface area contributed by atoms with Crippen LogP contribution in [-0.2, 0) is 16.6 Å². The number of nitrogens with zero attached hydrogens (tertiary/aromatic N) is 5. The first-order valence-corrected chi connectivity index (χ1v) is 11.0. The summed E-state index contributed by atoms with van der Waals surface area (Å²) in [5, 5.41) is 4.02. The topological polar surface area (TPSA) is 113 Å². The van der Waals surface area contributed by atoms with Gasteiger partial charge in [-0.15, -0.1) is 0 Å². The molecule has 10 nitrogen and oxygen atoms in total. The first-order valence-electron chi connectivity index (χ1n) is 9.58. The zero-order chi connectivity index (χ0) is 21.1. The van der Waals surface area contributed by atoms with Crippen molar-refractivity contribution in [3.63, 3.8) is 0 Å². The lowest BCUT2D eigenvalue weighted by Crippen LogP contribution is -2.35. The number of sulfonamides is 1. The highest BCUT2D eigenvalue weighted by Gasteiger charge is 2.28. The highest BCUT2D eigenvalue weighted by molar-refractivity contribution is 7.89. The summed E-state index contributed by atoms with van der Waals surface area (Å²) in [6.07, 6.45) is 5.77. The average molecular weight is 433 g/mol. The van der Waals surface area contributed by atoms with Crippen molar-refractivity contribution in [2.45, 2.75) is 30.8 Å². The molecule has 4 rings (SSSR count). The largest absolute Gasteiger partial charge is 0.493 e. The average Bonchev–Trinajstić information content (AvgIpc) is 3.44. The van der Waals surface area contributed by atoms with Gasteiger partial charge in [0.1, 0.15) is 0 Å². The molecule has 1 fully saturated rings. The van der Waals surface area contributed by atoms with Crippen molar-refractivity contribution in [1.82, 2.24) is 24.0 Å². The number of aromatic nitrogens is 4. The van der Waals surface area contributed by atoms with Crippen molar-refractivity contribution in [3.05, 3.63) is 36.5 Å². The van der Waals surface area contributed by atoms with Crippen LogP contribution >= 0.6 is 0 Å². The summed E-state index contributed by atoms with van der Waals surface area (Å²) in [4.78, 5) is 8.47. The van der Waals surface area contributed by atoms with Crippen LogP contribution in [0.4, 0.5) is 0 Å². The van der Waals surface area contributed by atoms with Crippen LogP contribution in [0.3, 0.4) is 0 Å². The van der Waals surface area contributed by atoms with E-state index in [1.54, 1.807) is 37.0 Å². The third kappa shape index (κ3) is 4.03. The molecule has 11 heteroatoms. The fourth-order valence-corrected chi connectivity index (χ4v) is 4.82. The van der Waals surface area contributed by atoms with Crippen molar-refractivity contribution in [2.24, 2.45) is 0 Å². The molecule has 0 atom stereocenters. The molecule has 0 radical (unpaired) electrons. The summed E-state index contributed by atoms with van der Waals surface area (Å²) in [5.41, 5.74) is 0.686. The van der Waals surface area contributed by atoms with Gasteiger partial charge in [0.25, 0.3) is 15.9 Å². The Labute approximate surface area is 174 Å². The lowest BCUT2D eigenvalue weighted by atomic mass is 10.2. The predicted molar refractivity (Wildman–Crippen MR) is 107 cm³/mol. The molecule has 0 aliphatic carbocycles. The van der Waals surface area contributed by atoms with Gasteiger partial charge in [-0.05, 0) is 31.0 Å². The van der Waals surface area contributed by atoms with Gasteiger partial charge in [-0.1, -0.05) is 11.6 Å². The number of rotatable bonds is 7. The van der Waals surface area contributed by atoms with Crippen molar-refractivity contribution in [2.75, 3.05) is 27.3 Å². The Balaban J connectivity index is 1.50. The summed E-state index contributed by atoms with van der Waals surface area (Å²) < 4.78 is 44.5. The van der Waals surface area contributed by atoms with E-state index < -0.39 is 10.0 Å². The maximum atomic E-state index is 12.7. The molecule has 0 spiro atoms. The molecule has 160 valence electrons. The molecule has 3 heterocycles.